The fraction of sp³-hybridized carbons (Fsp3) is 0.304. The third-order valence-electron chi connectivity index (χ3n) is 6.01. The van der Waals surface area contributed by atoms with Crippen molar-refractivity contribution in [3.05, 3.63) is 75.7 Å². The number of hydrogen-bond acceptors (Lipinski definition) is 5. The van der Waals surface area contributed by atoms with Gasteiger partial charge in [0.1, 0.15) is 27.9 Å². The maximum Gasteiger partial charge on any atom is 0.243 e. The Bertz CT molecular complexity index is 1090. The van der Waals surface area contributed by atoms with Crippen LogP contribution >= 0.6 is 11.8 Å². The van der Waals surface area contributed by atoms with Crippen molar-refractivity contribution in [2.75, 3.05) is 18.8 Å². The van der Waals surface area contributed by atoms with Gasteiger partial charge in [0.2, 0.25) is 11.6 Å². The highest BCUT2D eigenvalue weighted by atomic mass is 32.2. The Hall–Kier alpha value is -2.51. The molecule has 0 atom stereocenters. The molecule has 3 aliphatic rings. The van der Waals surface area contributed by atoms with E-state index in [1.165, 1.54) is 23.9 Å². The highest BCUT2D eigenvalue weighted by Crippen LogP contribution is 2.47. The van der Waals surface area contributed by atoms with Crippen LogP contribution in [0.3, 0.4) is 0 Å². The van der Waals surface area contributed by atoms with Gasteiger partial charge >= 0.3 is 0 Å². The minimum atomic E-state index is -0.577. The van der Waals surface area contributed by atoms with Crippen molar-refractivity contribution in [1.82, 2.24) is 4.90 Å². The second kappa shape index (κ2) is 7.32. The van der Waals surface area contributed by atoms with Gasteiger partial charge in [-0.15, -0.1) is 11.8 Å². The summed E-state index contributed by atoms with van der Waals surface area (Å²) in [6.45, 7) is 1.82. The molecule has 0 amide bonds. The van der Waals surface area contributed by atoms with E-state index in [1.54, 1.807) is 12.1 Å². The number of rotatable bonds is 2. The monoisotopic (exact) mass is 427 g/mol. The van der Waals surface area contributed by atoms with E-state index in [-0.39, 0.29) is 0 Å². The van der Waals surface area contributed by atoms with Crippen LogP contribution in [0.5, 0.6) is 0 Å². The van der Waals surface area contributed by atoms with Crippen LogP contribution in [-0.2, 0) is 16.1 Å². The van der Waals surface area contributed by atoms with Gasteiger partial charge < -0.3 is 4.74 Å². The van der Waals surface area contributed by atoms with Gasteiger partial charge in [0.15, 0.2) is 0 Å². The number of carbonyl (C=O) groups is 2. The predicted molar refractivity (Wildman–Crippen MR) is 110 cm³/mol. The van der Waals surface area contributed by atoms with E-state index in [2.05, 4.69) is 4.90 Å². The van der Waals surface area contributed by atoms with Gasteiger partial charge in [-0.25, -0.2) is 8.78 Å². The Kier molecular flexibility index (Phi) is 4.75. The molecule has 7 heteroatoms. The normalized spacial score (nSPS) is 20.7. The second-order valence-corrected chi connectivity index (χ2v) is 8.93. The van der Waals surface area contributed by atoms with E-state index in [9.17, 15) is 18.4 Å². The number of allylic oxidation sites excluding steroid dienone is 1. The molecular formula is C23H19F2NO3S. The van der Waals surface area contributed by atoms with Crippen LogP contribution in [0.25, 0.3) is 5.76 Å². The van der Waals surface area contributed by atoms with Crippen molar-refractivity contribution in [2.45, 2.75) is 25.0 Å². The van der Waals surface area contributed by atoms with Crippen molar-refractivity contribution in [3.63, 3.8) is 0 Å². The molecule has 0 N–H and O–H groups in total. The van der Waals surface area contributed by atoms with Crippen LogP contribution < -0.4 is 0 Å². The number of likely N-dealkylation sites (tertiary alicyclic amines) is 1. The van der Waals surface area contributed by atoms with Gasteiger partial charge in [-0.1, -0.05) is 30.3 Å². The van der Waals surface area contributed by atoms with Gasteiger partial charge in [-0.3, -0.25) is 14.5 Å². The molecule has 0 unspecified atom stereocenters. The van der Waals surface area contributed by atoms with E-state index in [4.69, 9.17) is 4.74 Å². The standard InChI is InChI=1S/C23H19F2NO3S/c24-15-6-5-14(18(25)11-15)12-26-9-7-23(8-10-26)13-30-22-20(28)19(27)16-3-1-2-4-17(16)21(22)29-23/h1-6,11H,7-10,12-13H2. The van der Waals surface area contributed by atoms with Gasteiger partial charge in [0.25, 0.3) is 0 Å². The molecule has 2 aromatic carbocycles. The first-order chi connectivity index (χ1) is 14.5. The zero-order valence-corrected chi connectivity index (χ0v) is 16.9. The minimum absolute atomic E-state index is 0.392. The molecule has 2 aliphatic heterocycles. The molecule has 5 rings (SSSR count). The number of carbonyl (C=O) groups excluding carboxylic acids is 2. The summed E-state index contributed by atoms with van der Waals surface area (Å²) in [4.78, 5) is 27.4. The maximum absolute atomic E-state index is 14.0. The Morgan fingerprint density at radius 3 is 2.47 bits per heavy atom. The summed E-state index contributed by atoms with van der Waals surface area (Å²) in [7, 11) is 0. The Balaban J connectivity index is 1.33. The minimum Gasteiger partial charge on any atom is -0.484 e. The molecule has 2 heterocycles. The van der Waals surface area contributed by atoms with Crippen molar-refractivity contribution in [3.8, 4) is 0 Å². The first-order valence-corrected chi connectivity index (χ1v) is 10.9. The van der Waals surface area contributed by atoms with Crippen molar-refractivity contribution >= 4 is 29.1 Å². The molecular weight excluding hydrogens is 408 g/mol. The summed E-state index contributed by atoms with van der Waals surface area (Å²) in [6.07, 6.45) is 1.45. The van der Waals surface area contributed by atoms with Gasteiger partial charge in [-0.05, 0) is 6.07 Å². The fourth-order valence-electron chi connectivity index (χ4n) is 4.27. The molecule has 0 radical (unpaired) electrons. The zero-order chi connectivity index (χ0) is 20.9. The summed E-state index contributed by atoms with van der Waals surface area (Å²) >= 11 is 1.40. The molecule has 0 aromatic heterocycles. The Morgan fingerprint density at radius 2 is 1.73 bits per heavy atom. The number of benzene rings is 2. The van der Waals surface area contributed by atoms with Crippen molar-refractivity contribution in [1.29, 1.82) is 0 Å². The first-order valence-electron chi connectivity index (χ1n) is 9.87. The Morgan fingerprint density at radius 1 is 1.00 bits per heavy atom. The van der Waals surface area contributed by atoms with Crippen LogP contribution in [0.4, 0.5) is 8.78 Å². The number of ether oxygens (including phenoxy) is 1. The van der Waals surface area contributed by atoms with E-state index in [1.807, 2.05) is 12.1 Å². The number of thioether (sulfide) groups is 1. The number of piperidine rings is 1. The fourth-order valence-corrected chi connectivity index (χ4v) is 5.53. The lowest BCUT2D eigenvalue weighted by atomic mass is 9.90. The lowest BCUT2D eigenvalue weighted by Gasteiger charge is -2.45. The highest BCUT2D eigenvalue weighted by Gasteiger charge is 2.45. The summed E-state index contributed by atoms with van der Waals surface area (Å²) in [5.41, 5.74) is 1.12. The quantitative estimate of drug-likeness (QED) is 0.673. The van der Waals surface area contributed by atoms with E-state index < -0.39 is 28.8 Å². The summed E-state index contributed by atoms with van der Waals surface area (Å²) < 4.78 is 33.6. The van der Waals surface area contributed by atoms with Gasteiger partial charge in [0, 0.05) is 61.0 Å². The topological polar surface area (TPSA) is 46.6 Å². The number of ketones is 2. The lowest BCUT2D eigenvalue weighted by molar-refractivity contribution is -0.111. The molecule has 1 aliphatic carbocycles. The second-order valence-electron chi connectivity index (χ2n) is 7.95. The lowest BCUT2D eigenvalue weighted by Crippen LogP contribution is -2.49. The molecule has 1 fully saturated rings. The average molecular weight is 427 g/mol. The third-order valence-corrected chi connectivity index (χ3v) is 7.34. The predicted octanol–water partition coefficient (Wildman–Crippen LogP) is 4.20. The van der Waals surface area contributed by atoms with Gasteiger partial charge in [0.05, 0.1) is 0 Å². The molecule has 154 valence electrons. The van der Waals surface area contributed by atoms with Crippen molar-refractivity contribution < 1.29 is 23.1 Å². The summed E-state index contributed by atoms with van der Waals surface area (Å²) in [5.74, 6) is -0.959. The number of fused-ring (bicyclic) bond motifs is 2. The number of hydrogen-bond donors (Lipinski definition) is 0. The average Bonchev–Trinajstić information content (AvgIpc) is 2.76. The molecule has 1 spiro atoms. The molecule has 30 heavy (non-hydrogen) atoms. The molecule has 4 nitrogen and oxygen atoms in total. The Labute approximate surface area is 176 Å². The first kappa shape index (κ1) is 19.5. The van der Waals surface area contributed by atoms with Crippen molar-refractivity contribution in [2.24, 2.45) is 0 Å². The number of Topliss-reactive ketones (excluding diaryl/α,β-unsaturated/α-hetero) is 2. The van der Waals surface area contributed by atoms with E-state index >= 15 is 0 Å². The third kappa shape index (κ3) is 3.26. The van der Waals surface area contributed by atoms with E-state index in [0.717, 1.165) is 18.9 Å². The zero-order valence-electron chi connectivity index (χ0n) is 16.1. The number of halogens is 2. The smallest absolute Gasteiger partial charge is 0.243 e. The van der Waals surface area contributed by atoms with Crippen LogP contribution in [0.15, 0.2) is 47.4 Å². The SMILES string of the molecule is O=C1C(=O)c2ccccc2C2=C1SCC1(CCN(Cc3ccc(F)cc3F)CC1)O2. The van der Waals surface area contributed by atoms with Crippen LogP contribution in [0.2, 0.25) is 0 Å². The summed E-state index contributed by atoms with van der Waals surface area (Å²) in [6, 6.07) is 10.7. The maximum atomic E-state index is 14.0. The van der Waals surface area contributed by atoms with Gasteiger partial charge in [-0.2, -0.15) is 0 Å². The summed E-state index contributed by atoms with van der Waals surface area (Å²) in [5, 5.41) is 0. The van der Waals surface area contributed by atoms with Crippen LogP contribution in [0, 0.1) is 11.6 Å². The van der Waals surface area contributed by atoms with Crippen LogP contribution in [-0.4, -0.2) is 40.9 Å². The van der Waals surface area contributed by atoms with E-state index in [0.29, 0.717) is 52.7 Å². The largest absolute Gasteiger partial charge is 0.484 e. The molecule has 2 aromatic rings. The molecule has 0 bridgehead atoms. The van der Waals surface area contributed by atoms with Crippen LogP contribution in [0.1, 0.15) is 34.3 Å². The number of nitrogens with zero attached hydrogens (tertiary/aromatic N) is 1. The highest BCUT2D eigenvalue weighted by molar-refractivity contribution is 8.04. The molecule has 0 saturated carbocycles. The molecule has 1 saturated heterocycles.